The average molecular weight is 305 g/mol. The van der Waals surface area contributed by atoms with Gasteiger partial charge >= 0.3 is 0 Å². The number of hydrogen-bond acceptors (Lipinski definition) is 3. The summed E-state index contributed by atoms with van der Waals surface area (Å²) in [7, 11) is -3.85. The van der Waals surface area contributed by atoms with E-state index in [9.17, 15) is 8.42 Å². The monoisotopic (exact) mass is 305 g/mol. The number of hydrogen-bond donors (Lipinski definition) is 1. The zero-order chi connectivity index (χ0) is 15.0. The number of benzene rings is 2. The van der Waals surface area contributed by atoms with Crippen LogP contribution in [0, 0.1) is 0 Å². The van der Waals surface area contributed by atoms with Gasteiger partial charge < -0.3 is 4.90 Å². The van der Waals surface area contributed by atoms with Crippen molar-refractivity contribution in [3.8, 4) is 0 Å². The van der Waals surface area contributed by atoms with Gasteiger partial charge in [-0.3, -0.25) is 4.55 Å². The van der Waals surface area contributed by atoms with E-state index >= 15 is 0 Å². The molecule has 5 heteroatoms. The zero-order valence-electron chi connectivity index (χ0n) is 12.0. The van der Waals surface area contributed by atoms with Gasteiger partial charge in [-0.25, -0.2) is 0 Å². The summed E-state index contributed by atoms with van der Waals surface area (Å²) in [5.74, 6) is -0.160. The standard InChI is InChI=1S/C16H19NO3S/c1-12-14-8-4-6-13-7-5-9-15(16(13)14)17(12)10-2-3-11-21(18,19)20/h4-9,12H,2-3,10-11H2,1H3,(H,18,19,20). The van der Waals surface area contributed by atoms with Crippen LogP contribution in [0.5, 0.6) is 0 Å². The molecule has 0 amide bonds. The zero-order valence-corrected chi connectivity index (χ0v) is 12.8. The van der Waals surface area contributed by atoms with Crippen molar-refractivity contribution in [3.05, 3.63) is 42.0 Å². The van der Waals surface area contributed by atoms with Crippen LogP contribution in [0.4, 0.5) is 5.69 Å². The SMILES string of the molecule is CC1c2cccc3cccc(c23)N1CCCCS(=O)(=O)O. The summed E-state index contributed by atoms with van der Waals surface area (Å²) >= 11 is 0. The lowest BCUT2D eigenvalue weighted by molar-refractivity contribution is 0.479. The lowest BCUT2D eigenvalue weighted by Gasteiger charge is -2.25. The Balaban J connectivity index is 1.79. The predicted molar refractivity (Wildman–Crippen MR) is 85.4 cm³/mol. The first-order chi connectivity index (χ1) is 9.97. The predicted octanol–water partition coefficient (Wildman–Crippen LogP) is 3.39. The van der Waals surface area contributed by atoms with Crippen molar-refractivity contribution < 1.29 is 13.0 Å². The van der Waals surface area contributed by atoms with Crippen molar-refractivity contribution in [2.24, 2.45) is 0 Å². The third-order valence-electron chi connectivity index (χ3n) is 4.19. The number of nitrogens with zero attached hydrogens (tertiary/aromatic N) is 1. The van der Waals surface area contributed by atoms with Gasteiger partial charge in [-0.15, -0.1) is 0 Å². The summed E-state index contributed by atoms with van der Waals surface area (Å²) in [5, 5.41) is 2.56. The highest BCUT2D eigenvalue weighted by atomic mass is 32.2. The van der Waals surface area contributed by atoms with Gasteiger partial charge in [0.15, 0.2) is 0 Å². The van der Waals surface area contributed by atoms with Crippen LogP contribution in [-0.2, 0) is 10.1 Å². The number of unbranched alkanes of at least 4 members (excludes halogenated alkanes) is 1. The van der Waals surface area contributed by atoms with Crippen LogP contribution in [0.1, 0.15) is 31.4 Å². The van der Waals surface area contributed by atoms with Gasteiger partial charge in [-0.2, -0.15) is 8.42 Å². The van der Waals surface area contributed by atoms with Crippen molar-refractivity contribution in [2.75, 3.05) is 17.2 Å². The molecule has 0 aromatic heterocycles. The van der Waals surface area contributed by atoms with Gasteiger partial charge in [0, 0.05) is 17.6 Å². The Kier molecular flexibility index (Phi) is 3.63. The van der Waals surface area contributed by atoms with Crippen LogP contribution in [0.15, 0.2) is 36.4 Å². The number of anilines is 1. The van der Waals surface area contributed by atoms with Crippen LogP contribution in [-0.4, -0.2) is 25.3 Å². The number of rotatable bonds is 5. The van der Waals surface area contributed by atoms with Gasteiger partial charge in [-0.05, 0) is 36.8 Å². The summed E-state index contributed by atoms with van der Waals surface area (Å²) in [6, 6.07) is 13.0. The van der Waals surface area contributed by atoms with Crippen LogP contribution < -0.4 is 4.90 Å². The normalized spacial score (nSPS) is 17.6. The highest BCUT2D eigenvalue weighted by molar-refractivity contribution is 7.85. The Hall–Kier alpha value is -1.59. The highest BCUT2D eigenvalue weighted by Gasteiger charge is 2.27. The van der Waals surface area contributed by atoms with Crippen molar-refractivity contribution in [3.63, 3.8) is 0 Å². The lowest BCUT2D eigenvalue weighted by Crippen LogP contribution is -2.24. The molecule has 1 unspecified atom stereocenters. The molecule has 0 saturated carbocycles. The third kappa shape index (κ3) is 2.76. The van der Waals surface area contributed by atoms with Gasteiger partial charge in [-0.1, -0.05) is 30.3 Å². The van der Waals surface area contributed by atoms with E-state index < -0.39 is 10.1 Å². The molecule has 3 rings (SSSR count). The molecule has 0 saturated heterocycles. The maximum absolute atomic E-state index is 10.8. The van der Waals surface area contributed by atoms with Crippen LogP contribution in [0.25, 0.3) is 10.8 Å². The second-order valence-electron chi connectivity index (χ2n) is 5.59. The topological polar surface area (TPSA) is 57.6 Å². The second kappa shape index (κ2) is 5.31. The Morgan fingerprint density at radius 3 is 2.57 bits per heavy atom. The van der Waals surface area contributed by atoms with Gasteiger partial charge in [0.25, 0.3) is 10.1 Å². The minimum absolute atomic E-state index is 0.160. The molecule has 1 heterocycles. The Morgan fingerprint density at radius 2 is 1.86 bits per heavy atom. The Bertz CT molecular complexity index is 765. The Labute approximate surface area is 125 Å². The van der Waals surface area contributed by atoms with Gasteiger partial charge in [0.2, 0.25) is 0 Å². The molecule has 2 aromatic carbocycles. The lowest BCUT2D eigenvalue weighted by atomic mass is 10.0. The van der Waals surface area contributed by atoms with Gasteiger partial charge in [0.1, 0.15) is 0 Å². The fraction of sp³-hybridized carbons (Fsp3) is 0.375. The molecule has 0 aliphatic carbocycles. The van der Waals surface area contributed by atoms with E-state index in [1.54, 1.807) is 0 Å². The molecule has 0 spiro atoms. The first-order valence-corrected chi connectivity index (χ1v) is 8.82. The van der Waals surface area contributed by atoms with Crippen molar-refractivity contribution in [1.82, 2.24) is 0 Å². The first kappa shape index (κ1) is 14.4. The first-order valence-electron chi connectivity index (χ1n) is 7.21. The fourth-order valence-corrected chi connectivity index (χ4v) is 3.76. The van der Waals surface area contributed by atoms with Crippen molar-refractivity contribution in [2.45, 2.75) is 25.8 Å². The summed E-state index contributed by atoms with van der Waals surface area (Å²) in [4.78, 5) is 2.32. The summed E-state index contributed by atoms with van der Waals surface area (Å²) < 4.78 is 30.3. The van der Waals surface area contributed by atoms with E-state index in [2.05, 4.69) is 48.2 Å². The van der Waals surface area contributed by atoms with E-state index in [1.807, 2.05) is 0 Å². The average Bonchev–Trinajstić information content (AvgIpc) is 2.70. The van der Waals surface area contributed by atoms with E-state index in [4.69, 9.17) is 4.55 Å². The maximum Gasteiger partial charge on any atom is 0.264 e. The van der Waals surface area contributed by atoms with Crippen molar-refractivity contribution in [1.29, 1.82) is 0 Å². The molecular formula is C16H19NO3S. The minimum atomic E-state index is -3.85. The molecule has 1 atom stereocenters. The fourth-order valence-electron chi connectivity index (χ4n) is 3.19. The largest absolute Gasteiger partial charge is 0.364 e. The van der Waals surface area contributed by atoms with E-state index in [0.29, 0.717) is 12.5 Å². The molecule has 21 heavy (non-hydrogen) atoms. The summed E-state index contributed by atoms with van der Waals surface area (Å²) in [6.07, 6.45) is 1.23. The quantitative estimate of drug-likeness (QED) is 0.679. The summed E-state index contributed by atoms with van der Waals surface area (Å²) in [6.45, 7) is 2.97. The molecule has 2 aromatic rings. The van der Waals surface area contributed by atoms with Crippen LogP contribution in [0.3, 0.4) is 0 Å². The van der Waals surface area contributed by atoms with Crippen LogP contribution in [0.2, 0.25) is 0 Å². The van der Waals surface area contributed by atoms with Gasteiger partial charge in [0.05, 0.1) is 11.8 Å². The Morgan fingerprint density at radius 1 is 1.14 bits per heavy atom. The molecule has 0 radical (unpaired) electrons. The van der Waals surface area contributed by atoms with E-state index in [0.717, 1.165) is 13.0 Å². The van der Waals surface area contributed by atoms with E-state index in [-0.39, 0.29) is 5.75 Å². The van der Waals surface area contributed by atoms with E-state index in [1.165, 1.54) is 22.0 Å². The highest BCUT2D eigenvalue weighted by Crippen LogP contribution is 2.43. The smallest absolute Gasteiger partial charge is 0.264 e. The summed E-state index contributed by atoms with van der Waals surface area (Å²) in [5.41, 5.74) is 2.56. The molecular weight excluding hydrogens is 286 g/mol. The molecule has 0 fully saturated rings. The molecule has 1 aliphatic heterocycles. The third-order valence-corrected chi connectivity index (χ3v) is 5.00. The molecule has 112 valence electrons. The maximum atomic E-state index is 10.8. The minimum Gasteiger partial charge on any atom is -0.364 e. The molecule has 1 aliphatic rings. The molecule has 4 nitrogen and oxygen atoms in total. The second-order valence-corrected chi connectivity index (χ2v) is 7.16. The van der Waals surface area contributed by atoms with Crippen LogP contribution >= 0.6 is 0 Å². The molecule has 1 N–H and O–H groups in total. The van der Waals surface area contributed by atoms with Crippen molar-refractivity contribution >= 4 is 26.6 Å². The molecule has 0 bridgehead atoms.